The van der Waals surface area contributed by atoms with Gasteiger partial charge >= 0.3 is 0 Å². The second-order valence-corrected chi connectivity index (χ2v) is 7.32. The highest BCUT2D eigenvalue weighted by molar-refractivity contribution is 5.77. The number of fused-ring (bicyclic) bond motifs is 1. The molecular weight excluding hydrogens is 364 g/mol. The molecule has 156 valence electrons. The first-order valence-corrected chi connectivity index (χ1v) is 10.2. The summed E-state index contributed by atoms with van der Waals surface area (Å²) in [4.78, 5) is 7.02. The van der Waals surface area contributed by atoms with Crippen LogP contribution in [0.4, 0.5) is 0 Å². The summed E-state index contributed by atoms with van der Waals surface area (Å²) in [6.45, 7) is 5.59. The van der Waals surface area contributed by atoms with Crippen LogP contribution in [0.25, 0.3) is 0 Å². The Morgan fingerprint density at radius 1 is 1.14 bits per heavy atom. The molecular formula is C23H32N4O2. The minimum absolute atomic E-state index is 0.429. The van der Waals surface area contributed by atoms with E-state index < -0.39 is 0 Å². The number of hydrogen-bond acceptors (Lipinski definition) is 4. The summed E-state index contributed by atoms with van der Waals surface area (Å²) >= 11 is 0. The van der Waals surface area contributed by atoms with E-state index in [9.17, 15) is 0 Å². The number of nitrogens with one attached hydrogen (secondary N) is 1. The summed E-state index contributed by atoms with van der Waals surface area (Å²) in [7, 11) is 3.26. The summed E-state index contributed by atoms with van der Waals surface area (Å²) in [5.41, 5.74) is 10.1. The zero-order chi connectivity index (χ0) is 20.6. The summed E-state index contributed by atoms with van der Waals surface area (Å²) in [5, 5.41) is 3.31. The smallest absolute Gasteiger partial charge is 0.188 e. The van der Waals surface area contributed by atoms with E-state index in [2.05, 4.69) is 46.4 Å². The molecule has 0 aliphatic carbocycles. The Hall–Kier alpha value is -2.73. The number of nitrogens with zero attached hydrogens (tertiary/aromatic N) is 2. The van der Waals surface area contributed by atoms with E-state index in [0.717, 1.165) is 38.0 Å². The molecule has 0 radical (unpaired) electrons. The Balaban J connectivity index is 1.54. The number of rotatable bonds is 8. The van der Waals surface area contributed by atoms with Gasteiger partial charge in [0.15, 0.2) is 17.5 Å². The van der Waals surface area contributed by atoms with E-state index in [1.165, 1.54) is 11.1 Å². The Bertz CT molecular complexity index is 837. The summed E-state index contributed by atoms with van der Waals surface area (Å²) in [5.74, 6) is 1.87. The van der Waals surface area contributed by atoms with Crippen molar-refractivity contribution in [3.8, 4) is 11.5 Å². The van der Waals surface area contributed by atoms with Crippen molar-refractivity contribution in [3.63, 3.8) is 0 Å². The molecule has 1 heterocycles. The van der Waals surface area contributed by atoms with E-state index in [1.807, 2.05) is 18.2 Å². The highest BCUT2D eigenvalue weighted by Crippen LogP contribution is 2.27. The molecule has 2 aromatic rings. The van der Waals surface area contributed by atoms with Crippen molar-refractivity contribution in [2.75, 3.05) is 27.3 Å². The normalized spacial score (nSPS) is 15.5. The second kappa shape index (κ2) is 10.2. The number of benzene rings is 2. The Kier molecular flexibility index (Phi) is 7.36. The molecule has 0 amide bonds. The van der Waals surface area contributed by atoms with Gasteiger partial charge in [0, 0.05) is 25.7 Å². The van der Waals surface area contributed by atoms with Crippen molar-refractivity contribution < 1.29 is 9.47 Å². The predicted octanol–water partition coefficient (Wildman–Crippen LogP) is 2.95. The molecule has 0 saturated heterocycles. The fourth-order valence-corrected chi connectivity index (χ4v) is 3.79. The molecule has 1 aliphatic heterocycles. The Morgan fingerprint density at radius 3 is 2.62 bits per heavy atom. The average molecular weight is 397 g/mol. The number of nitrogens with two attached hydrogens (primary N) is 1. The van der Waals surface area contributed by atoms with Crippen LogP contribution in [0.1, 0.15) is 30.0 Å². The van der Waals surface area contributed by atoms with Gasteiger partial charge in [-0.05, 0) is 41.7 Å². The number of ether oxygens (including phenoxy) is 2. The van der Waals surface area contributed by atoms with E-state index >= 15 is 0 Å². The van der Waals surface area contributed by atoms with Crippen LogP contribution in [-0.4, -0.2) is 44.2 Å². The molecule has 0 spiro atoms. The molecule has 0 fully saturated rings. The molecule has 0 bridgehead atoms. The Morgan fingerprint density at radius 2 is 1.90 bits per heavy atom. The fraction of sp³-hybridized carbons (Fsp3) is 0.435. The molecule has 3 N–H and O–H groups in total. The van der Waals surface area contributed by atoms with Gasteiger partial charge in [-0.3, -0.25) is 4.90 Å². The molecule has 6 nitrogen and oxygen atoms in total. The highest BCUT2D eigenvalue weighted by Gasteiger charge is 2.22. The van der Waals surface area contributed by atoms with Gasteiger partial charge in [0.2, 0.25) is 0 Å². The van der Waals surface area contributed by atoms with Gasteiger partial charge in [0.05, 0.1) is 20.8 Å². The van der Waals surface area contributed by atoms with Crippen molar-refractivity contribution in [3.05, 3.63) is 59.2 Å². The van der Waals surface area contributed by atoms with Crippen LogP contribution in [0.3, 0.4) is 0 Å². The van der Waals surface area contributed by atoms with Gasteiger partial charge in [-0.15, -0.1) is 0 Å². The molecule has 0 saturated carbocycles. The summed E-state index contributed by atoms with van der Waals surface area (Å²) in [6, 6.07) is 14.9. The summed E-state index contributed by atoms with van der Waals surface area (Å²) < 4.78 is 10.6. The average Bonchev–Trinajstić information content (AvgIpc) is 2.77. The maximum atomic E-state index is 6.12. The SMILES string of the molecule is CCC(CNC(N)=NCc1ccc(OC)c(OC)c1)N1CCc2ccccc2C1. The van der Waals surface area contributed by atoms with Crippen molar-refractivity contribution in [1.82, 2.24) is 10.2 Å². The molecule has 29 heavy (non-hydrogen) atoms. The number of hydrogen-bond donors (Lipinski definition) is 2. The summed E-state index contributed by atoms with van der Waals surface area (Å²) in [6.07, 6.45) is 2.17. The molecule has 1 atom stereocenters. The topological polar surface area (TPSA) is 72.1 Å². The van der Waals surface area contributed by atoms with Crippen LogP contribution < -0.4 is 20.5 Å². The zero-order valence-electron chi connectivity index (χ0n) is 17.6. The number of guanidine groups is 1. The van der Waals surface area contributed by atoms with E-state index in [-0.39, 0.29) is 0 Å². The maximum Gasteiger partial charge on any atom is 0.188 e. The minimum atomic E-state index is 0.429. The number of methoxy groups -OCH3 is 2. The molecule has 0 aromatic heterocycles. The zero-order valence-corrected chi connectivity index (χ0v) is 17.6. The Labute approximate surface area is 173 Å². The third-order valence-corrected chi connectivity index (χ3v) is 5.55. The van der Waals surface area contributed by atoms with Gasteiger partial charge in [-0.1, -0.05) is 37.3 Å². The lowest BCUT2D eigenvalue weighted by atomic mass is 9.98. The van der Waals surface area contributed by atoms with E-state index in [4.69, 9.17) is 15.2 Å². The standard InChI is InChI=1S/C23H32N4O2/c1-4-20(27-12-11-18-7-5-6-8-19(18)16-27)15-26-23(24)25-14-17-9-10-21(28-2)22(13-17)29-3/h5-10,13,20H,4,11-12,14-16H2,1-3H3,(H3,24,25,26). The van der Waals surface area contributed by atoms with Crippen molar-refractivity contribution in [2.24, 2.45) is 10.7 Å². The lowest BCUT2D eigenvalue weighted by molar-refractivity contribution is 0.174. The maximum absolute atomic E-state index is 6.12. The van der Waals surface area contributed by atoms with Gasteiger partial charge in [0.25, 0.3) is 0 Å². The van der Waals surface area contributed by atoms with Gasteiger partial charge in [0.1, 0.15) is 0 Å². The van der Waals surface area contributed by atoms with Crippen LogP contribution >= 0.6 is 0 Å². The van der Waals surface area contributed by atoms with E-state index in [0.29, 0.717) is 30.0 Å². The monoisotopic (exact) mass is 396 g/mol. The lowest BCUT2D eigenvalue weighted by Crippen LogP contribution is -2.47. The molecule has 2 aromatic carbocycles. The first-order valence-electron chi connectivity index (χ1n) is 10.2. The van der Waals surface area contributed by atoms with Crippen molar-refractivity contribution in [1.29, 1.82) is 0 Å². The first kappa shape index (κ1) is 21.0. The van der Waals surface area contributed by atoms with Crippen LogP contribution in [0.15, 0.2) is 47.5 Å². The molecule has 6 heteroatoms. The second-order valence-electron chi connectivity index (χ2n) is 7.32. The quantitative estimate of drug-likeness (QED) is 0.530. The van der Waals surface area contributed by atoms with Crippen LogP contribution in [0.5, 0.6) is 11.5 Å². The van der Waals surface area contributed by atoms with Gasteiger partial charge in [-0.2, -0.15) is 0 Å². The third kappa shape index (κ3) is 5.41. The molecule has 1 unspecified atom stereocenters. The van der Waals surface area contributed by atoms with E-state index in [1.54, 1.807) is 14.2 Å². The van der Waals surface area contributed by atoms with Crippen molar-refractivity contribution in [2.45, 2.75) is 38.9 Å². The van der Waals surface area contributed by atoms with Crippen LogP contribution in [-0.2, 0) is 19.5 Å². The molecule has 3 rings (SSSR count). The largest absolute Gasteiger partial charge is 0.493 e. The predicted molar refractivity (Wildman–Crippen MR) is 118 cm³/mol. The fourth-order valence-electron chi connectivity index (χ4n) is 3.79. The van der Waals surface area contributed by atoms with Gasteiger partial charge < -0.3 is 20.5 Å². The highest BCUT2D eigenvalue weighted by atomic mass is 16.5. The van der Waals surface area contributed by atoms with Crippen LogP contribution in [0.2, 0.25) is 0 Å². The van der Waals surface area contributed by atoms with Crippen molar-refractivity contribution >= 4 is 5.96 Å². The first-order chi connectivity index (χ1) is 14.1. The lowest BCUT2D eigenvalue weighted by Gasteiger charge is -2.35. The minimum Gasteiger partial charge on any atom is -0.493 e. The van der Waals surface area contributed by atoms with Gasteiger partial charge in [-0.25, -0.2) is 4.99 Å². The molecule has 1 aliphatic rings. The van der Waals surface area contributed by atoms with Crippen LogP contribution in [0, 0.1) is 0 Å². The number of aliphatic imine (C=N–C) groups is 1. The third-order valence-electron chi connectivity index (χ3n) is 5.55.